The van der Waals surface area contributed by atoms with Crippen molar-refractivity contribution in [1.29, 1.82) is 0 Å². The van der Waals surface area contributed by atoms with Crippen LogP contribution in [-0.2, 0) is 10.0 Å². The van der Waals surface area contributed by atoms with Crippen molar-refractivity contribution in [3.8, 4) is 17.2 Å². The second-order valence-corrected chi connectivity index (χ2v) is 9.86. The van der Waals surface area contributed by atoms with Gasteiger partial charge in [0.2, 0.25) is 10.0 Å². The van der Waals surface area contributed by atoms with Gasteiger partial charge in [-0.3, -0.25) is 4.90 Å². The second kappa shape index (κ2) is 11.0. The van der Waals surface area contributed by atoms with Gasteiger partial charge in [0.25, 0.3) is 0 Å². The van der Waals surface area contributed by atoms with Crippen LogP contribution in [0.3, 0.4) is 0 Å². The van der Waals surface area contributed by atoms with Gasteiger partial charge >= 0.3 is 0 Å². The van der Waals surface area contributed by atoms with Crippen LogP contribution in [0, 0.1) is 0 Å². The molecule has 0 radical (unpaired) electrons. The lowest BCUT2D eigenvalue weighted by molar-refractivity contribution is 0.166. The molecule has 0 saturated carbocycles. The predicted molar refractivity (Wildman–Crippen MR) is 133 cm³/mol. The van der Waals surface area contributed by atoms with Gasteiger partial charge in [-0.2, -0.15) is 0 Å². The van der Waals surface area contributed by atoms with Gasteiger partial charge in [-0.25, -0.2) is 13.1 Å². The first-order chi connectivity index (χ1) is 16.9. The third kappa shape index (κ3) is 5.72. The molecule has 1 aliphatic rings. The minimum Gasteiger partial charge on any atom is -0.497 e. The van der Waals surface area contributed by atoms with E-state index in [9.17, 15) is 8.42 Å². The van der Waals surface area contributed by atoms with E-state index in [0.717, 1.165) is 37.6 Å². The first-order valence-corrected chi connectivity index (χ1v) is 12.8. The van der Waals surface area contributed by atoms with Gasteiger partial charge in [0.05, 0.1) is 33.6 Å². The molecule has 1 atom stereocenters. The van der Waals surface area contributed by atoms with Gasteiger partial charge in [0.15, 0.2) is 0 Å². The van der Waals surface area contributed by atoms with Crippen molar-refractivity contribution in [2.45, 2.75) is 10.9 Å². The standard InChI is InChI=1S/C25H31N3O6S/c1-31-20-8-6-19(7-9-20)27-12-14-28(15-13-27)22(23-5-4-16-34-23)18-26-35(29,30)25-17-21(32-2)10-11-24(25)33-3/h4-11,16-17,22,26H,12-15,18H2,1-3H3. The average molecular weight is 502 g/mol. The smallest absolute Gasteiger partial charge is 0.244 e. The van der Waals surface area contributed by atoms with Gasteiger partial charge in [-0.15, -0.1) is 0 Å². The van der Waals surface area contributed by atoms with E-state index >= 15 is 0 Å². The average Bonchev–Trinajstić information content (AvgIpc) is 3.43. The third-order valence-corrected chi connectivity index (χ3v) is 7.64. The van der Waals surface area contributed by atoms with E-state index in [1.165, 1.54) is 20.3 Å². The number of piperazine rings is 1. The van der Waals surface area contributed by atoms with Gasteiger partial charge < -0.3 is 23.5 Å². The summed E-state index contributed by atoms with van der Waals surface area (Å²) in [5.41, 5.74) is 1.13. The SMILES string of the molecule is COc1ccc(N2CCN(C(CNS(=O)(=O)c3cc(OC)ccc3OC)c3ccco3)CC2)cc1. The fraction of sp³-hybridized carbons (Fsp3) is 0.360. The highest BCUT2D eigenvalue weighted by Gasteiger charge is 2.29. The van der Waals surface area contributed by atoms with Crippen LogP contribution in [0.2, 0.25) is 0 Å². The van der Waals surface area contributed by atoms with E-state index in [0.29, 0.717) is 11.5 Å². The summed E-state index contributed by atoms with van der Waals surface area (Å²) >= 11 is 0. The lowest BCUT2D eigenvalue weighted by Gasteiger charge is -2.39. The molecule has 188 valence electrons. The number of ether oxygens (including phenoxy) is 3. The number of rotatable bonds is 10. The zero-order valence-electron chi connectivity index (χ0n) is 20.1. The molecule has 35 heavy (non-hydrogen) atoms. The summed E-state index contributed by atoms with van der Waals surface area (Å²) in [6.07, 6.45) is 1.61. The first-order valence-electron chi connectivity index (χ1n) is 11.3. The Balaban J connectivity index is 1.47. The van der Waals surface area contributed by atoms with Crippen molar-refractivity contribution >= 4 is 15.7 Å². The van der Waals surface area contributed by atoms with Crippen molar-refractivity contribution in [2.24, 2.45) is 0 Å². The number of sulfonamides is 1. The molecule has 0 amide bonds. The normalized spacial score (nSPS) is 15.6. The monoisotopic (exact) mass is 501 g/mol. The number of nitrogens with zero attached hydrogens (tertiary/aromatic N) is 2. The summed E-state index contributed by atoms with van der Waals surface area (Å²) in [4.78, 5) is 4.58. The van der Waals surface area contributed by atoms with E-state index in [4.69, 9.17) is 18.6 Å². The molecule has 2 heterocycles. The van der Waals surface area contributed by atoms with Crippen LogP contribution in [0.5, 0.6) is 17.2 Å². The van der Waals surface area contributed by atoms with Crippen LogP contribution in [0.4, 0.5) is 5.69 Å². The zero-order valence-corrected chi connectivity index (χ0v) is 21.0. The molecular formula is C25H31N3O6S. The molecule has 0 bridgehead atoms. The van der Waals surface area contributed by atoms with Crippen molar-refractivity contribution in [3.05, 3.63) is 66.6 Å². The fourth-order valence-electron chi connectivity index (χ4n) is 4.24. The highest BCUT2D eigenvalue weighted by atomic mass is 32.2. The largest absolute Gasteiger partial charge is 0.497 e. The Morgan fingerprint density at radius 1 is 0.914 bits per heavy atom. The Bertz CT molecular complexity index is 1190. The van der Waals surface area contributed by atoms with Crippen molar-refractivity contribution in [3.63, 3.8) is 0 Å². The molecule has 10 heteroatoms. The summed E-state index contributed by atoms with van der Waals surface area (Å²) in [5, 5.41) is 0. The molecule has 4 rings (SSSR count). The summed E-state index contributed by atoms with van der Waals surface area (Å²) < 4.78 is 50.6. The highest BCUT2D eigenvalue weighted by Crippen LogP contribution is 2.30. The maximum Gasteiger partial charge on any atom is 0.244 e. The number of methoxy groups -OCH3 is 3. The zero-order chi connectivity index (χ0) is 24.8. The molecule has 3 aromatic rings. The van der Waals surface area contributed by atoms with Gasteiger partial charge in [0.1, 0.15) is 27.9 Å². The third-order valence-electron chi connectivity index (χ3n) is 6.19. The Kier molecular flexibility index (Phi) is 7.84. The fourth-order valence-corrected chi connectivity index (χ4v) is 5.46. The topological polar surface area (TPSA) is 93.5 Å². The molecule has 1 saturated heterocycles. The Hall–Kier alpha value is -3.21. The minimum atomic E-state index is -3.87. The number of anilines is 1. The Morgan fingerprint density at radius 2 is 1.60 bits per heavy atom. The highest BCUT2D eigenvalue weighted by molar-refractivity contribution is 7.89. The van der Waals surface area contributed by atoms with E-state index in [1.807, 2.05) is 36.4 Å². The molecule has 1 unspecified atom stereocenters. The Labute approximate surface area is 206 Å². The lowest BCUT2D eigenvalue weighted by atomic mass is 10.1. The maximum atomic E-state index is 13.2. The molecule has 1 aromatic heterocycles. The molecule has 2 aromatic carbocycles. The number of hydrogen-bond donors (Lipinski definition) is 1. The van der Waals surface area contributed by atoms with Crippen LogP contribution in [0.25, 0.3) is 0 Å². The molecule has 1 N–H and O–H groups in total. The van der Waals surface area contributed by atoms with Crippen molar-refractivity contribution < 1.29 is 27.0 Å². The van der Waals surface area contributed by atoms with Crippen molar-refractivity contribution in [1.82, 2.24) is 9.62 Å². The summed E-state index contributed by atoms with van der Waals surface area (Å²) in [6.45, 7) is 3.27. The molecule has 0 spiro atoms. The van der Waals surface area contributed by atoms with E-state index in [-0.39, 0.29) is 23.2 Å². The van der Waals surface area contributed by atoms with Crippen molar-refractivity contribution in [2.75, 3.05) is 59.0 Å². The molecule has 1 aliphatic heterocycles. The maximum absolute atomic E-state index is 13.2. The van der Waals surface area contributed by atoms with Gasteiger partial charge in [0, 0.05) is 44.5 Å². The minimum absolute atomic E-state index is 0.0295. The summed E-state index contributed by atoms with van der Waals surface area (Å²) in [6, 6.07) is 16.1. The second-order valence-electron chi connectivity index (χ2n) is 8.12. The van der Waals surface area contributed by atoms with E-state index in [1.54, 1.807) is 25.5 Å². The van der Waals surface area contributed by atoms with Gasteiger partial charge in [-0.1, -0.05) is 0 Å². The quantitative estimate of drug-likeness (QED) is 0.453. The Morgan fingerprint density at radius 3 is 2.20 bits per heavy atom. The van der Waals surface area contributed by atoms with Gasteiger partial charge in [-0.05, 0) is 48.5 Å². The number of furan rings is 1. The van der Waals surface area contributed by atoms with Crippen LogP contribution < -0.4 is 23.8 Å². The van der Waals surface area contributed by atoms with E-state index < -0.39 is 10.0 Å². The van der Waals surface area contributed by atoms with Crippen LogP contribution in [0.1, 0.15) is 11.8 Å². The molecular weight excluding hydrogens is 470 g/mol. The summed E-state index contributed by atoms with van der Waals surface area (Å²) in [5.74, 6) is 2.22. The number of benzene rings is 2. The van der Waals surface area contributed by atoms with Crippen LogP contribution in [0.15, 0.2) is 70.2 Å². The first kappa shape index (κ1) is 24.9. The predicted octanol–water partition coefficient (Wildman–Crippen LogP) is 3.15. The lowest BCUT2D eigenvalue weighted by Crippen LogP contribution is -2.49. The number of hydrogen-bond acceptors (Lipinski definition) is 8. The van der Waals surface area contributed by atoms with Crippen LogP contribution in [-0.4, -0.2) is 67.4 Å². The van der Waals surface area contributed by atoms with E-state index in [2.05, 4.69) is 14.5 Å². The number of nitrogens with one attached hydrogen (secondary N) is 1. The summed E-state index contributed by atoms with van der Waals surface area (Å²) in [7, 11) is 0.717. The molecule has 0 aliphatic carbocycles. The van der Waals surface area contributed by atoms with Crippen LogP contribution >= 0.6 is 0 Å². The molecule has 9 nitrogen and oxygen atoms in total. The molecule has 1 fully saturated rings.